The molecule has 0 aromatic heterocycles. The highest BCUT2D eigenvalue weighted by atomic mass is 79.9. The van der Waals surface area contributed by atoms with Gasteiger partial charge in [0, 0.05) is 0 Å². The van der Waals surface area contributed by atoms with Gasteiger partial charge in [0.05, 0.1) is 15.7 Å². The number of carboxylic acids is 1. The van der Waals surface area contributed by atoms with Gasteiger partial charge in [0.2, 0.25) is 0 Å². The summed E-state index contributed by atoms with van der Waals surface area (Å²) in [6.07, 6.45) is 1.43. The molecule has 0 atom stereocenters. The van der Waals surface area contributed by atoms with Gasteiger partial charge in [-0.05, 0) is 93.9 Å². The van der Waals surface area contributed by atoms with Crippen LogP contribution < -0.4 is 15.0 Å². The first-order chi connectivity index (χ1) is 16.7. The lowest BCUT2D eigenvalue weighted by Gasteiger charge is -2.28. The minimum atomic E-state index is -1.00. The van der Waals surface area contributed by atoms with Gasteiger partial charge >= 0.3 is 5.97 Å². The molecule has 2 amide bonds. The first kappa shape index (κ1) is 24.2. The SMILES string of the molecule is O=C1NC(=S)N(c2ccc(F)cc2)C(=O)C1=Cc1ccc(OCc2ccc(C(=O)O)cc2)c(Br)c1. The number of thiocarbonyl (C=S) groups is 1. The quantitative estimate of drug-likeness (QED) is 0.260. The number of halogens is 2. The van der Waals surface area contributed by atoms with E-state index < -0.39 is 23.6 Å². The number of carbonyl (C=O) groups is 3. The molecular formula is C25H16BrFN2O5S. The van der Waals surface area contributed by atoms with Crippen LogP contribution in [0.3, 0.4) is 0 Å². The average Bonchev–Trinajstić information content (AvgIpc) is 2.82. The lowest BCUT2D eigenvalue weighted by Crippen LogP contribution is -2.54. The van der Waals surface area contributed by atoms with Crippen molar-refractivity contribution in [3.8, 4) is 5.75 Å². The van der Waals surface area contributed by atoms with Gasteiger partial charge in [-0.15, -0.1) is 0 Å². The van der Waals surface area contributed by atoms with Crippen molar-refractivity contribution < 1.29 is 28.6 Å². The fraction of sp³-hybridized carbons (Fsp3) is 0.0400. The summed E-state index contributed by atoms with van der Waals surface area (Å²) in [4.78, 5) is 37.6. The van der Waals surface area contributed by atoms with E-state index in [1.165, 1.54) is 42.5 Å². The Morgan fingerprint density at radius 1 is 1.09 bits per heavy atom. The Kier molecular flexibility index (Phi) is 7.04. The van der Waals surface area contributed by atoms with Crippen molar-refractivity contribution in [2.75, 3.05) is 4.90 Å². The molecule has 2 N–H and O–H groups in total. The van der Waals surface area contributed by atoms with Crippen LogP contribution in [0.2, 0.25) is 0 Å². The maximum atomic E-state index is 13.3. The second kappa shape index (κ2) is 10.2. The Hall–Kier alpha value is -3.89. The van der Waals surface area contributed by atoms with Crippen LogP contribution in [0.15, 0.2) is 76.8 Å². The van der Waals surface area contributed by atoms with Gasteiger partial charge in [0.15, 0.2) is 5.11 Å². The Morgan fingerprint density at radius 2 is 1.77 bits per heavy atom. The fourth-order valence-electron chi connectivity index (χ4n) is 3.28. The van der Waals surface area contributed by atoms with E-state index in [-0.39, 0.29) is 22.9 Å². The van der Waals surface area contributed by atoms with Crippen LogP contribution in [-0.2, 0) is 16.2 Å². The molecule has 35 heavy (non-hydrogen) atoms. The van der Waals surface area contributed by atoms with E-state index in [2.05, 4.69) is 21.2 Å². The lowest BCUT2D eigenvalue weighted by atomic mass is 10.1. The van der Waals surface area contributed by atoms with Gasteiger partial charge in [-0.2, -0.15) is 0 Å². The molecule has 4 rings (SSSR count). The van der Waals surface area contributed by atoms with E-state index >= 15 is 0 Å². The summed E-state index contributed by atoms with van der Waals surface area (Å²) in [5, 5.41) is 11.4. The molecule has 0 aliphatic carbocycles. The van der Waals surface area contributed by atoms with Crippen LogP contribution in [-0.4, -0.2) is 28.0 Å². The highest BCUT2D eigenvalue weighted by Crippen LogP contribution is 2.29. The summed E-state index contributed by atoms with van der Waals surface area (Å²) in [6, 6.07) is 16.6. The molecule has 1 saturated heterocycles. The Bertz CT molecular complexity index is 1370. The summed E-state index contributed by atoms with van der Waals surface area (Å²) in [5.74, 6) is -2.22. The molecule has 10 heteroatoms. The van der Waals surface area contributed by atoms with Gasteiger partial charge in [0.25, 0.3) is 11.8 Å². The Balaban J connectivity index is 1.52. The number of hydrogen-bond donors (Lipinski definition) is 2. The largest absolute Gasteiger partial charge is 0.488 e. The zero-order chi connectivity index (χ0) is 25.1. The van der Waals surface area contributed by atoms with Crippen molar-refractivity contribution >= 4 is 62.8 Å². The van der Waals surface area contributed by atoms with E-state index in [0.29, 0.717) is 21.5 Å². The molecule has 0 saturated carbocycles. The number of rotatable bonds is 6. The van der Waals surface area contributed by atoms with Crippen LogP contribution in [0, 0.1) is 5.82 Å². The van der Waals surface area contributed by atoms with Crippen LogP contribution >= 0.6 is 28.1 Å². The second-order valence-electron chi connectivity index (χ2n) is 7.41. The van der Waals surface area contributed by atoms with Crippen molar-refractivity contribution in [3.63, 3.8) is 0 Å². The zero-order valence-electron chi connectivity index (χ0n) is 17.8. The fourth-order valence-corrected chi connectivity index (χ4v) is 4.07. The minimum absolute atomic E-state index is 0.0925. The predicted octanol–water partition coefficient (Wildman–Crippen LogP) is 4.70. The second-order valence-corrected chi connectivity index (χ2v) is 8.66. The van der Waals surface area contributed by atoms with Crippen molar-refractivity contribution in [1.82, 2.24) is 5.32 Å². The molecule has 3 aromatic rings. The number of carboxylic acid groups (broad SMARTS) is 1. The van der Waals surface area contributed by atoms with Crippen molar-refractivity contribution in [2.24, 2.45) is 0 Å². The molecule has 1 heterocycles. The summed E-state index contributed by atoms with van der Waals surface area (Å²) >= 11 is 8.57. The smallest absolute Gasteiger partial charge is 0.335 e. The Labute approximate surface area is 212 Å². The minimum Gasteiger partial charge on any atom is -0.488 e. The number of carbonyl (C=O) groups excluding carboxylic acids is 2. The molecule has 0 spiro atoms. The predicted molar refractivity (Wildman–Crippen MR) is 134 cm³/mol. The number of benzene rings is 3. The van der Waals surface area contributed by atoms with E-state index in [1.54, 1.807) is 30.3 Å². The van der Waals surface area contributed by atoms with E-state index in [4.69, 9.17) is 22.1 Å². The van der Waals surface area contributed by atoms with Gasteiger partial charge in [-0.3, -0.25) is 19.8 Å². The zero-order valence-corrected chi connectivity index (χ0v) is 20.2. The first-order valence-corrected chi connectivity index (χ1v) is 11.3. The highest BCUT2D eigenvalue weighted by Gasteiger charge is 2.34. The summed E-state index contributed by atoms with van der Waals surface area (Å²) < 4.78 is 19.7. The summed E-state index contributed by atoms with van der Waals surface area (Å²) in [5.41, 5.74) is 1.72. The molecule has 176 valence electrons. The molecule has 7 nitrogen and oxygen atoms in total. The molecule has 3 aromatic carbocycles. The molecule has 1 fully saturated rings. The number of hydrogen-bond acceptors (Lipinski definition) is 5. The first-order valence-electron chi connectivity index (χ1n) is 10.1. The third kappa shape index (κ3) is 5.44. The molecule has 1 aliphatic heterocycles. The highest BCUT2D eigenvalue weighted by molar-refractivity contribution is 9.10. The molecule has 0 bridgehead atoms. The number of nitrogens with one attached hydrogen (secondary N) is 1. The van der Waals surface area contributed by atoms with Gasteiger partial charge in [0.1, 0.15) is 23.7 Å². The number of amides is 2. The molecule has 1 aliphatic rings. The van der Waals surface area contributed by atoms with Crippen LogP contribution in [0.5, 0.6) is 5.75 Å². The van der Waals surface area contributed by atoms with Crippen LogP contribution in [0.4, 0.5) is 10.1 Å². The molecule has 0 unspecified atom stereocenters. The molecular weight excluding hydrogens is 539 g/mol. The maximum Gasteiger partial charge on any atom is 0.335 e. The standard InChI is InChI=1S/C25H16BrFN2O5S/c26-20-12-15(3-10-21(20)34-13-14-1-4-16(5-2-14)24(32)33)11-19-22(30)28-25(35)29(23(19)31)18-8-6-17(27)7-9-18/h1-12H,13H2,(H,32,33)(H,28,30,35). The van der Waals surface area contributed by atoms with E-state index in [0.717, 1.165) is 10.5 Å². The van der Waals surface area contributed by atoms with Gasteiger partial charge in [-0.25, -0.2) is 9.18 Å². The van der Waals surface area contributed by atoms with Gasteiger partial charge < -0.3 is 9.84 Å². The Morgan fingerprint density at radius 3 is 2.40 bits per heavy atom. The van der Waals surface area contributed by atoms with Crippen molar-refractivity contribution in [2.45, 2.75) is 6.61 Å². The van der Waals surface area contributed by atoms with E-state index in [1.807, 2.05) is 0 Å². The number of anilines is 1. The third-order valence-electron chi connectivity index (χ3n) is 5.05. The number of ether oxygens (including phenoxy) is 1. The summed E-state index contributed by atoms with van der Waals surface area (Å²) in [7, 11) is 0. The van der Waals surface area contributed by atoms with Crippen molar-refractivity contribution in [1.29, 1.82) is 0 Å². The van der Waals surface area contributed by atoms with Crippen molar-refractivity contribution in [3.05, 3.63) is 99.3 Å². The number of nitrogens with zero attached hydrogens (tertiary/aromatic N) is 1. The topological polar surface area (TPSA) is 95.9 Å². The van der Waals surface area contributed by atoms with E-state index in [9.17, 15) is 18.8 Å². The normalized spacial score (nSPS) is 14.7. The monoisotopic (exact) mass is 554 g/mol. The number of aromatic carboxylic acids is 1. The van der Waals surface area contributed by atoms with Gasteiger partial charge in [-0.1, -0.05) is 18.2 Å². The molecule has 0 radical (unpaired) electrons. The summed E-state index contributed by atoms with van der Waals surface area (Å²) in [6.45, 7) is 0.212. The maximum absolute atomic E-state index is 13.3. The van der Waals surface area contributed by atoms with Crippen LogP contribution in [0.25, 0.3) is 6.08 Å². The average molecular weight is 555 g/mol. The van der Waals surface area contributed by atoms with Crippen LogP contribution in [0.1, 0.15) is 21.5 Å². The third-order valence-corrected chi connectivity index (χ3v) is 5.95. The lowest BCUT2D eigenvalue weighted by molar-refractivity contribution is -0.122.